The van der Waals surface area contributed by atoms with Crippen molar-refractivity contribution in [2.24, 2.45) is 10.3 Å². The van der Waals surface area contributed by atoms with Crippen LogP contribution in [0.25, 0.3) is 0 Å². The molecule has 0 heterocycles. The van der Waals surface area contributed by atoms with Crippen LogP contribution >= 0.6 is 0 Å². The van der Waals surface area contributed by atoms with Gasteiger partial charge in [-0.05, 0) is 36.1 Å². The fourth-order valence-electron chi connectivity index (χ4n) is 2.76. The lowest BCUT2D eigenvalue weighted by Gasteiger charge is -2.17. The first-order valence-corrected chi connectivity index (χ1v) is 8.19. The van der Waals surface area contributed by atoms with E-state index in [0.717, 1.165) is 5.56 Å². The van der Waals surface area contributed by atoms with Crippen LogP contribution in [-0.2, 0) is 11.2 Å². The SMILES string of the molecule is N=C(NCC(=O)NCCO)C(=N\O)/C(=N/O)NC1CCc2ccc(F)cc21. The zero-order valence-corrected chi connectivity index (χ0v) is 14.4. The van der Waals surface area contributed by atoms with Crippen LogP contribution in [0.15, 0.2) is 28.5 Å². The molecule has 10 nitrogen and oxygen atoms in total. The Morgan fingerprint density at radius 2 is 2.07 bits per heavy atom. The maximum Gasteiger partial charge on any atom is 0.239 e. The highest BCUT2D eigenvalue weighted by atomic mass is 19.1. The van der Waals surface area contributed by atoms with Crippen LogP contribution in [0.1, 0.15) is 23.6 Å². The van der Waals surface area contributed by atoms with E-state index < -0.39 is 23.3 Å². The third-order valence-electron chi connectivity index (χ3n) is 4.02. The van der Waals surface area contributed by atoms with Crippen molar-refractivity contribution in [1.82, 2.24) is 16.0 Å². The maximum atomic E-state index is 13.5. The largest absolute Gasteiger partial charge is 0.410 e. The number of nitrogens with one attached hydrogen (secondary N) is 4. The number of carbonyl (C=O) groups is 1. The highest BCUT2D eigenvalue weighted by molar-refractivity contribution is 6.67. The number of amides is 1. The summed E-state index contributed by atoms with van der Waals surface area (Å²) < 4.78 is 13.5. The Morgan fingerprint density at radius 1 is 1.30 bits per heavy atom. The number of aliphatic hydroxyl groups excluding tert-OH is 1. The molecular weight excluding hydrogens is 359 g/mol. The number of benzene rings is 1. The average Bonchev–Trinajstić information content (AvgIpc) is 3.06. The van der Waals surface area contributed by atoms with Crippen molar-refractivity contribution in [1.29, 1.82) is 5.41 Å². The van der Waals surface area contributed by atoms with E-state index in [2.05, 4.69) is 26.3 Å². The maximum absolute atomic E-state index is 13.5. The minimum atomic E-state index is -0.485. The lowest BCUT2D eigenvalue weighted by atomic mass is 10.1. The van der Waals surface area contributed by atoms with Gasteiger partial charge in [0.1, 0.15) is 5.82 Å². The molecule has 1 aromatic rings. The van der Waals surface area contributed by atoms with Crippen molar-refractivity contribution < 1.29 is 24.7 Å². The molecule has 146 valence electrons. The van der Waals surface area contributed by atoms with Crippen LogP contribution in [0.4, 0.5) is 4.39 Å². The molecule has 2 rings (SSSR count). The Kier molecular flexibility index (Phi) is 7.06. The van der Waals surface area contributed by atoms with Gasteiger partial charge in [-0.25, -0.2) is 4.39 Å². The van der Waals surface area contributed by atoms with E-state index in [-0.39, 0.29) is 31.6 Å². The van der Waals surface area contributed by atoms with E-state index >= 15 is 0 Å². The molecule has 0 saturated carbocycles. The van der Waals surface area contributed by atoms with E-state index in [1.165, 1.54) is 12.1 Å². The molecule has 11 heteroatoms. The number of halogens is 1. The van der Waals surface area contributed by atoms with E-state index in [1.54, 1.807) is 6.07 Å². The highest BCUT2D eigenvalue weighted by Gasteiger charge is 2.27. The highest BCUT2D eigenvalue weighted by Crippen LogP contribution is 2.31. The summed E-state index contributed by atoms with van der Waals surface area (Å²) in [6.07, 6.45) is 1.29. The van der Waals surface area contributed by atoms with Gasteiger partial charge in [-0.3, -0.25) is 10.2 Å². The zero-order valence-electron chi connectivity index (χ0n) is 14.4. The third kappa shape index (κ3) is 5.14. The second kappa shape index (κ2) is 9.48. The van der Waals surface area contributed by atoms with Gasteiger partial charge in [-0.2, -0.15) is 0 Å². The molecule has 0 aliphatic heterocycles. The first kappa shape index (κ1) is 20.1. The Hall–Kier alpha value is -3.21. The van der Waals surface area contributed by atoms with Gasteiger partial charge in [0.05, 0.1) is 19.2 Å². The number of rotatable bonds is 7. The summed E-state index contributed by atoms with van der Waals surface area (Å²) in [6.45, 7) is -0.466. The Labute approximate surface area is 154 Å². The molecule has 0 bridgehead atoms. The van der Waals surface area contributed by atoms with Gasteiger partial charge in [0, 0.05) is 6.54 Å². The second-order valence-electron chi connectivity index (χ2n) is 5.78. The number of amidine groups is 2. The van der Waals surface area contributed by atoms with Crippen LogP contribution < -0.4 is 16.0 Å². The zero-order chi connectivity index (χ0) is 19.8. The Morgan fingerprint density at radius 3 is 2.74 bits per heavy atom. The second-order valence-corrected chi connectivity index (χ2v) is 5.78. The van der Waals surface area contributed by atoms with Crippen LogP contribution in [0.5, 0.6) is 0 Å². The number of aliphatic hydroxyl groups is 1. The van der Waals surface area contributed by atoms with Crippen molar-refractivity contribution in [2.75, 3.05) is 19.7 Å². The van der Waals surface area contributed by atoms with Crippen molar-refractivity contribution in [3.63, 3.8) is 0 Å². The summed E-state index contributed by atoms with van der Waals surface area (Å²) in [5, 5.41) is 48.6. The quantitative estimate of drug-likeness (QED) is 0.149. The van der Waals surface area contributed by atoms with Gasteiger partial charge in [0.15, 0.2) is 17.4 Å². The van der Waals surface area contributed by atoms with Crippen molar-refractivity contribution in [3.05, 3.63) is 35.1 Å². The predicted octanol–water partition coefficient (Wildman–Crippen LogP) is -0.304. The number of hydrogen-bond donors (Lipinski definition) is 7. The monoisotopic (exact) mass is 380 g/mol. The van der Waals surface area contributed by atoms with Gasteiger partial charge in [-0.1, -0.05) is 16.4 Å². The molecule has 27 heavy (non-hydrogen) atoms. The van der Waals surface area contributed by atoms with Crippen LogP contribution in [0.2, 0.25) is 0 Å². The first-order valence-electron chi connectivity index (χ1n) is 8.19. The van der Waals surface area contributed by atoms with E-state index in [0.29, 0.717) is 18.4 Å². The van der Waals surface area contributed by atoms with E-state index in [9.17, 15) is 19.6 Å². The predicted molar refractivity (Wildman–Crippen MR) is 94.9 cm³/mol. The Balaban J connectivity index is 2.02. The molecule has 1 aliphatic carbocycles. The molecule has 0 aromatic heterocycles. The lowest BCUT2D eigenvalue weighted by Crippen LogP contribution is -2.46. The molecule has 0 fully saturated rings. The molecule has 0 saturated heterocycles. The number of carbonyl (C=O) groups excluding carboxylic acids is 1. The number of oxime groups is 2. The summed E-state index contributed by atoms with van der Waals surface area (Å²) in [5.41, 5.74) is 1.22. The van der Waals surface area contributed by atoms with Gasteiger partial charge in [0.2, 0.25) is 5.91 Å². The first-order chi connectivity index (χ1) is 13.0. The molecule has 1 atom stereocenters. The van der Waals surface area contributed by atoms with Crippen LogP contribution in [-0.4, -0.2) is 58.5 Å². The summed E-state index contributed by atoms with van der Waals surface area (Å²) >= 11 is 0. The van der Waals surface area contributed by atoms with E-state index in [4.69, 9.17) is 10.5 Å². The minimum absolute atomic E-state index is 0.0668. The fourth-order valence-corrected chi connectivity index (χ4v) is 2.76. The average molecular weight is 380 g/mol. The van der Waals surface area contributed by atoms with E-state index in [1.807, 2.05) is 0 Å². The van der Waals surface area contributed by atoms with Gasteiger partial charge >= 0.3 is 0 Å². The number of nitrogens with zero attached hydrogens (tertiary/aromatic N) is 2. The van der Waals surface area contributed by atoms with Crippen molar-refractivity contribution >= 4 is 23.3 Å². The topological polar surface area (TPSA) is 162 Å². The molecule has 1 aliphatic rings. The lowest BCUT2D eigenvalue weighted by molar-refractivity contribution is -0.120. The molecule has 0 radical (unpaired) electrons. The number of hydrogen-bond acceptors (Lipinski definition) is 7. The summed E-state index contributed by atoms with van der Waals surface area (Å²) in [5.74, 6) is -1.65. The molecule has 7 N–H and O–H groups in total. The minimum Gasteiger partial charge on any atom is -0.410 e. The van der Waals surface area contributed by atoms with Gasteiger partial charge in [-0.15, -0.1) is 0 Å². The van der Waals surface area contributed by atoms with Gasteiger partial charge < -0.3 is 31.5 Å². The number of aryl methyl sites for hydroxylation is 1. The van der Waals surface area contributed by atoms with Crippen LogP contribution in [0, 0.1) is 11.2 Å². The normalized spacial score (nSPS) is 16.6. The fraction of sp³-hybridized carbons (Fsp3) is 0.375. The molecule has 0 spiro atoms. The summed E-state index contributed by atoms with van der Waals surface area (Å²) in [7, 11) is 0. The smallest absolute Gasteiger partial charge is 0.239 e. The standard InChI is InChI=1S/C16H21FN6O4/c17-10-3-1-9-2-4-12(11(9)7-10)21-16(23-27)14(22-26)15(18)20-8-13(25)19-5-6-24/h1,3,7,12,24,26-27H,2,4-6,8H2,(H2,18,20)(H,19,25)(H,21,23)/b22-14+. The van der Waals surface area contributed by atoms with Crippen LogP contribution in [0.3, 0.4) is 0 Å². The third-order valence-corrected chi connectivity index (χ3v) is 4.02. The molecule has 1 unspecified atom stereocenters. The number of fused-ring (bicyclic) bond motifs is 1. The molecule has 1 amide bonds. The molecular formula is C16H21FN6O4. The summed E-state index contributed by atoms with van der Waals surface area (Å²) in [6, 6.07) is 4.03. The van der Waals surface area contributed by atoms with Crippen molar-refractivity contribution in [3.8, 4) is 0 Å². The summed E-state index contributed by atoms with van der Waals surface area (Å²) in [4.78, 5) is 11.5. The Bertz CT molecular complexity index is 767. The van der Waals surface area contributed by atoms with Crippen molar-refractivity contribution in [2.45, 2.75) is 18.9 Å². The molecule has 1 aromatic carbocycles. The van der Waals surface area contributed by atoms with Gasteiger partial charge in [0.25, 0.3) is 0 Å².